The van der Waals surface area contributed by atoms with Crippen molar-refractivity contribution >= 4 is 40.3 Å². The summed E-state index contributed by atoms with van der Waals surface area (Å²) in [7, 11) is 1.89. The van der Waals surface area contributed by atoms with E-state index in [-0.39, 0.29) is 5.56 Å². The average molecular weight is 452 g/mol. The highest BCUT2D eigenvalue weighted by Crippen LogP contribution is 2.32. The summed E-state index contributed by atoms with van der Waals surface area (Å²) in [6, 6.07) is 12.5. The number of hydrogen-bond donors (Lipinski definition) is 1. The molecule has 0 spiro atoms. The van der Waals surface area contributed by atoms with Crippen LogP contribution in [0.1, 0.15) is 10.4 Å². The molecule has 0 aliphatic carbocycles. The van der Waals surface area contributed by atoms with Gasteiger partial charge in [-0.3, -0.25) is 0 Å². The van der Waals surface area contributed by atoms with Crippen LogP contribution >= 0.6 is 34.4 Å². The first-order valence-electron chi connectivity index (χ1n) is 6.98. The Hall–Kier alpha value is -2.00. The van der Waals surface area contributed by atoms with Crippen molar-refractivity contribution < 1.29 is 14.6 Å². The minimum Gasteiger partial charge on any atom is -0.478 e. The van der Waals surface area contributed by atoms with E-state index in [1.54, 1.807) is 12.3 Å². The largest absolute Gasteiger partial charge is 0.478 e. The van der Waals surface area contributed by atoms with E-state index < -0.39 is 5.97 Å². The minimum absolute atomic E-state index is 0.176. The van der Waals surface area contributed by atoms with Gasteiger partial charge in [0.2, 0.25) is 0 Å². The lowest BCUT2D eigenvalue weighted by Gasteiger charge is -2.09. The second-order valence-electron chi connectivity index (χ2n) is 4.98. The second kappa shape index (κ2) is 7.27. The van der Waals surface area contributed by atoms with Crippen LogP contribution in [0.2, 0.25) is 0 Å². The smallest absolute Gasteiger partial charge is 0.335 e. The summed E-state index contributed by atoms with van der Waals surface area (Å²) in [5.41, 5.74) is 0.176. The van der Waals surface area contributed by atoms with E-state index >= 15 is 0 Å². The number of aryl methyl sites for hydroxylation is 1. The van der Waals surface area contributed by atoms with E-state index in [0.29, 0.717) is 11.5 Å². The minimum atomic E-state index is -0.996. The zero-order chi connectivity index (χ0) is 17.1. The number of halogens is 1. The highest BCUT2D eigenvalue weighted by Gasteiger charge is 2.11. The second-order valence-corrected chi connectivity index (χ2v) is 7.26. The molecule has 3 rings (SSSR count). The molecule has 1 N–H and O–H groups in total. The number of ether oxygens (including phenoxy) is 1. The molecule has 0 atom stereocenters. The summed E-state index contributed by atoms with van der Waals surface area (Å²) in [6.45, 7) is 0. The standard InChI is InChI=1S/C17H13IN2O3S/c1-20-7-6-19-17(20)24-15-9-11(16(21)22)8-14(10-15)23-13-4-2-12(18)3-5-13/h2-10H,1H3,(H,21,22). The number of rotatable bonds is 5. The Morgan fingerprint density at radius 3 is 2.58 bits per heavy atom. The average Bonchev–Trinajstić information content (AvgIpc) is 2.94. The number of nitrogens with zero attached hydrogens (tertiary/aromatic N) is 2. The quantitative estimate of drug-likeness (QED) is 0.571. The van der Waals surface area contributed by atoms with Crippen molar-refractivity contribution in [1.29, 1.82) is 0 Å². The van der Waals surface area contributed by atoms with Crippen LogP contribution in [0.5, 0.6) is 11.5 Å². The zero-order valence-corrected chi connectivity index (χ0v) is 15.6. The van der Waals surface area contributed by atoms with Crippen molar-refractivity contribution in [3.05, 3.63) is 64.0 Å². The van der Waals surface area contributed by atoms with Gasteiger partial charge in [-0.25, -0.2) is 9.78 Å². The lowest BCUT2D eigenvalue weighted by molar-refractivity contribution is 0.0696. The van der Waals surface area contributed by atoms with Crippen molar-refractivity contribution in [2.45, 2.75) is 10.1 Å². The van der Waals surface area contributed by atoms with E-state index in [1.165, 1.54) is 17.8 Å². The maximum Gasteiger partial charge on any atom is 0.335 e. The highest BCUT2D eigenvalue weighted by atomic mass is 127. The molecule has 0 saturated carbocycles. The molecular weight excluding hydrogens is 439 g/mol. The van der Waals surface area contributed by atoms with Gasteiger partial charge in [0.1, 0.15) is 11.5 Å². The number of aromatic nitrogens is 2. The fraction of sp³-hybridized carbons (Fsp3) is 0.0588. The molecule has 0 unspecified atom stereocenters. The Bertz CT molecular complexity index is 878. The summed E-state index contributed by atoms with van der Waals surface area (Å²) >= 11 is 3.60. The molecule has 0 aliphatic heterocycles. The Labute approximate surface area is 156 Å². The molecule has 1 aromatic heterocycles. The third kappa shape index (κ3) is 4.09. The molecule has 0 fully saturated rings. The summed E-state index contributed by atoms with van der Waals surface area (Å²) in [5, 5.41) is 10.1. The fourth-order valence-corrected chi connectivity index (χ4v) is 3.26. The number of carboxylic acid groups (broad SMARTS) is 1. The first-order chi connectivity index (χ1) is 11.5. The molecule has 0 aliphatic rings. The number of aromatic carboxylic acids is 1. The van der Waals surface area contributed by atoms with Crippen LogP contribution < -0.4 is 4.74 Å². The number of carboxylic acids is 1. The van der Waals surface area contributed by atoms with Crippen molar-refractivity contribution in [1.82, 2.24) is 9.55 Å². The van der Waals surface area contributed by atoms with Crippen LogP contribution in [0.4, 0.5) is 0 Å². The molecule has 122 valence electrons. The molecule has 0 amide bonds. The maximum absolute atomic E-state index is 11.4. The predicted octanol–water partition coefficient (Wildman–Crippen LogP) is 4.67. The molecule has 7 heteroatoms. The van der Waals surface area contributed by atoms with Crippen LogP contribution in [0.15, 0.2) is 64.9 Å². The normalized spacial score (nSPS) is 10.6. The molecule has 1 heterocycles. The monoisotopic (exact) mass is 452 g/mol. The zero-order valence-electron chi connectivity index (χ0n) is 12.6. The summed E-state index contributed by atoms with van der Waals surface area (Å²) in [6.07, 6.45) is 3.54. The van der Waals surface area contributed by atoms with Crippen molar-refractivity contribution in [2.24, 2.45) is 7.05 Å². The maximum atomic E-state index is 11.4. The summed E-state index contributed by atoms with van der Waals surface area (Å²) in [5.74, 6) is 0.142. The van der Waals surface area contributed by atoms with Gasteiger partial charge in [0.15, 0.2) is 5.16 Å². The first-order valence-corrected chi connectivity index (χ1v) is 8.88. The topological polar surface area (TPSA) is 64.4 Å². The van der Waals surface area contributed by atoms with Gasteiger partial charge < -0.3 is 14.4 Å². The van der Waals surface area contributed by atoms with Gasteiger partial charge >= 0.3 is 5.97 Å². The summed E-state index contributed by atoms with van der Waals surface area (Å²) in [4.78, 5) is 16.4. The van der Waals surface area contributed by atoms with Gasteiger partial charge in [0.05, 0.1) is 5.56 Å². The molecule has 0 bridgehead atoms. The Kier molecular flexibility index (Phi) is 5.10. The predicted molar refractivity (Wildman–Crippen MR) is 100.0 cm³/mol. The lowest BCUT2D eigenvalue weighted by Crippen LogP contribution is -1.98. The van der Waals surface area contributed by atoms with Crippen LogP contribution in [0, 0.1) is 3.57 Å². The van der Waals surface area contributed by atoms with E-state index in [4.69, 9.17) is 4.74 Å². The fourth-order valence-electron chi connectivity index (χ4n) is 2.01. The van der Waals surface area contributed by atoms with E-state index in [9.17, 15) is 9.90 Å². The van der Waals surface area contributed by atoms with Gasteiger partial charge in [0, 0.05) is 27.9 Å². The Balaban J connectivity index is 1.92. The molecule has 24 heavy (non-hydrogen) atoms. The van der Waals surface area contributed by atoms with E-state index in [2.05, 4.69) is 27.6 Å². The molecular formula is C17H13IN2O3S. The number of benzene rings is 2. The first kappa shape index (κ1) is 16.8. The molecule has 5 nitrogen and oxygen atoms in total. The van der Waals surface area contributed by atoms with E-state index in [1.807, 2.05) is 48.1 Å². The van der Waals surface area contributed by atoms with Gasteiger partial charge in [-0.1, -0.05) is 11.8 Å². The number of carbonyl (C=O) groups is 1. The van der Waals surface area contributed by atoms with Gasteiger partial charge in [-0.05, 0) is 65.1 Å². The molecule has 2 aromatic carbocycles. The van der Waals surface area contributed by atoms with Gasteiger partial charge in [-0.15, -0.1) is 0 Å². The van der Waals surface area contributed by atoms with Crippen LogP contribution in [0.25, 0.3) is 0 Å². The van der Waals surface area contributed by atoms with Crippen LogP contribution in [-0.2, 0) is 7.05 Å². The SMILES string of the molecule is Cn1ccnc1Sc1cc(Oc2ccc(I)cc2)cc(C(=O)O)c1. The van der Waals surface area contributed by atoms with Gasteiger partial charge in [0.25, 0.3) is 0 Å². The van der Waals surface area contributed by atoms with Crippen LogP contribution in [-0.4, -0.2) is 20.6 Å². The van der Waals surface area contributed by atoms with Crippen molar-refractivity contribution in [3.63, 3.8) is 0 Å². The molecule has 0 saturated heterocycles. The molecule has 0 radical (unpaired) electrons. The highest BCUT2D eigenvalue weighted by molar-refractivity contribution is 14.1. The Morgan fingerprint density at radius 1 is 1.21 bits per heavy atom. The number of imidazole rings is 1. The lowest BCUT2D eigenvalue weighted by atomic mass is 10.2. The summed E-state index contributed by atoms with van der Waals surface area (Å²) < 4.78 is 8.78. The Morgan fingerprint density at radius 2 is 1.96 bits per heavy atom. The van der Waals surface area contributed by atoms with Crippen molar-refractivity contribution in [2.75, 3.05) is 0 Å². The van der Waals surface area contributed by atoms with Gasteiger partial charge in [-0.2, -0.15) is 0 Å². The third-order valence-electron chi connectivity index (χ3n) is 3.16. The molecule has 3 aromatic rings. The third-order valence-corrected chi connectivity index (χ3v) is 4.93. The number of hydrogen-bond acceptors (Lipinski definition) is 4. The van der Waals surface area contributed by atoms with Crippen molar-refractivity contribution in [3.8, 4) is 11.5 Å². The van der Waals surface area contributed by atoms with E-state index in [0.717, 1.165) is 13.6 Å². The van der Waals surface area contributed by atoms with Crippen LogP contribution in [0.3, 0.4) is 0 Å².